The molecular formula is C24H15BrF3N3O4. The van der Waals surface area contributed by atoms with Gasteiger partial charge in [-0.3, -0.25) is 14.9 Å². The van der Waals surface area contributed by atoms with E-state index in [-0.39, 0.29) is 6.61 Å². The summed E-state index contributed by atoms with van der Waals surface area (Å²) < 4.78 is 46.7. The lowest BCUT2D eigenvalue weighted by atomic mass is 10.1. The fraction of sp³-hybridized carbons (Fsp3) is 0.0833. The van der Waals surface area contributed by atoms with Crippen LogP contribution in [0.4, 0.5) is 24.5 Å². The van der Waals surface area contributed by atoms with Crippen molar-refractivity contribution in [1.82, 2.24) is 0 Å². The summed E-state index contributed by atoms with van der Waals surface area (Å²) >= 11 is 3.30. The Labute approximate surface area is 205 Å². The van der Waals surface area contributed by atoms with Crippen molar-refractivity contribution in [3.05, 3.63) is 104 Å². The summed E-state index contributed by atoms with van der Waals surface area (Å²) in [6.07, 6.45) is -3.80. The van der Waals surface area contributed by atoms with Gasteiger partial charge in [0, 0.05) is 22.2 Å². The maximum atomic E-state index is 13.4. The Balaban J connectivity index is 1.91. The molecule has 1 amide bonds. The van der Waals surface area contributed by atoms with Crippen LogP contribution in [0.15, 0.2) is 76.8 Å². The maximum Gasteiger partial charge on any atom is 0.418 e. The molecule has 0 atom stereocenters. The number of carbonyl (C=O) groups excluding carboxylic acids is 1. The second-order valence-electron chi connectivity index (χ2n) is 7.07. The van der Waals surface area contributed by atoms with E-state index >= 15 is 0 Å². The Bertz CT molecular complexity index is 1340. The minimum Gasteiger partial charge on any atom is -0.488 e. The van der Waals surface area contributed by atoms with Crippen LogP contribution in [0.1, 0.15) is 16.7 Å². The SMILES string of the molecule is N#C/C(=C\c1cc(Br)ccc1OCc1ccccc1)C(=O)Nc1ccc([N+](=O)[O-])cc1C(F)(F)F. The van der Waals surface area contributed by atoms with Crippen LogP contribution in [-0.4, -0.2) is 10.8 Å². The van der Waals surface area contributed by atoms with Crippen molar-refractivity contribution in [2.24, 2.45) is 0 Å². The van der Waals surface area contributed by atoms with E-state index in [0.29, 0.717) is 21.9 Å². The molecule has 11 heteroatoms. The number of alkyl halides is 3. The van der Waals surface area contributed by atoms with Gasteiger partial charge in [0.25, 0.3) is 11.6 Å². The molecule has 35 heavy (non-hydrogen) atoms. The third-order valence-electron chi connectivity index (χ3n) is 4.64. The largest absolute Gasteiger partial charge is 0.488 e. The molecule has 3 rings (SSSR count). The predicted octanol–water partition coefficient (Wildman–Crippen LogP) is 6.50. The van der Waals surface area contributed by atoms with E-state index in [2.05, 4.69) is 15.9 Å². The number of nitrogens with one attached hydrogen (secondary N) is 1. The molecule has 178 valence electrons. The van der Waals surface area contributed by atoms with Crippen LogP contribution in [0.5, 0.6) is 5.75 Å². The Hall–Kier alpha value is -4.17. The average molecular weight is 546 g/mol. The molecule has 3 aromatic carbocycles. The van der Waals surface area contributed by atoms with Crippen molar-refractivity contribution in [2.45, 2.75) is 12.8 Å². The number of non-ortho nitro benzene ring substituents is 1. The van der Waals surface area contributed by atoms with Gasteiger partial charge in [-0.25, -0.2) is 0 Å². The molecule has 0 aliphatic rings. The van der Waals surface area contributed by atoms with E-state index < -0.39 is 39.5 Å². The van der Waals surface area contributed by atoms with Gasteiger partial charge in [-0.2, -0.15) is 18.4 Å². The van der Waals surface area contributed by atoms with Gasteiger partial charge in [-0.05, 0) is 35.9 Å². The first-order chi connectivity index (χ1) is 16.6. The van der Waals surface area contributed by atoms with Crippen LogP contribution in [0.2, 0.25) is 0 Å². The molecule has 0 saturated carbocycles. The molecule has 0 aliphatic heterocycles. The first-order valence-electron chi connectivity index (χ1n) is 9.83. The van der Waals surface area contributed by atoms with Crippen molar-refractivity contribution in [1.29, 1.82) is 5.26 Å². The Morgan fingerprint density at radius 1 is 1.14 bits per heavy atom. The molecule has 0 aromatic heterocycles. The Kier molecular flexibility index (Phi) is 7.88. The molecule has 0 saturated heterocycles. The van der Waals surface area contributed by atoms with Crippen molar-refractivity contribution in [2.75, 3.05) is 5.32 Å². The van der Waals surface area contributed by atoms with Crippen molar-refractivity contribution < 1.29 is 27.6 Å². The first-order valence-corrected chi connectivity index (χ1v) is 10.6. The van der Waals surface area contributed by atoms with Crippen LogP contribution >= 0.6 is 15.9 Å². The van der Waals surface area contributed by atoms with E-state index in [4.69, 9.17) is 4.74 Å². The molecular weight excluding hydrogens is 531 g/mol. The number of anilines is 1. The summed E-state index contributed by atoms with van der Waals surface area (Å²) in [6, 6.07) is 17.7. The summed E-state index contributed by atoms with van der Waals surface area (Å²) in [5.74, 6) is -0.787. The number of nitrogens with zero attached hydrogens (tertiary/aromatic N) is 2. The fourth-order valence-electron chi connectivity index (χ4n) is 2.98. The van der Waals surface area contributed by atoms with E-state index in [0.717, 1.165) is 17.7 Å². The molecule has 0 spiro atoms. The molecule has 0 unspecified atom stereocenters. The zero-order valence-electron chi connectivity index (χ0n) is 17.7. The minimum atomic E-state index is -4.98. The number of hydrogen-bond acceptors (Lipinski definition) is 5. The lowest BCUT2D eigenvalue weighted by Crippen LogP contribution is -2.18. The van der Waals surface area contributed by atoms with Gasteiger partial charge in [-0.1, -0.05) is 46.3 Å². The zero-order valence-corrected chi connectivity index (χ0v) is 19.3. The van der Waals surface area contributed by atoms with Crippen molar-refractivity contribution in [3.8, 4) is 11.8 Å². The molecule has 1 N–H and O–H groups in total. The number of nitro benzene ring substituents is 1. The smallest absolute Gasteiger partial charge is 0.418 e. The minimum absolute atomic E-state index is 0.204. The van der Waals surface area contributed by atoms with E-state index in [1.54, 1.807) is 24.3 Å². The topological polar surface area (TPSA) is 105 Å². The number of carbonyl (C=O) groups is 1. The fourth-order valence-corrected chi connectivity index (χ4v) is 3.36. The first kappa shape index (κ1) is 25.5. The van der Waals surface area contributed by atoms with Gasteiger partial charge in [-0.15, -0.1) is 0 Å². The third-order valence-corrected chi connectivity index (χ3v) is 5.13. The van der Waals surface area contributed by atoms with Crippen molar-refractivity contribution in [3.63, 3.8) is 0 Å². The lowest BCUT2D eigenvalue weighted by molar-refractivity contribution is -0.385. The van der Waals surface area contributed by atoms with Gasteiger partial charge in [0.15, 0.2) is 0 Å². The van der Waals surface area contributed by atoms with Crippen LogP contribution in [-0.2, 0) is 17.6 Å². The normalized spacial score (nSPS) is 11.5. The Morgan fingerprint density at radius 3 is 2.49 bits per heavy atom. The second kappa shape index (κ2) is 10.8. The predicted molar refractivity (Wildman–Crippen MR) is 125 cm³/mol. The number of hydrogen-bond donors (Lipinski definition) is 1. The highest BCUT2D eigenvalue weighted by molar-refractivity contribution is 9.10. The van der Waals surface area contributed by atoms with Crippen LogP contribution in [0.25, 0.3) is 6.08 Å². The highest BCUT2D eigenvalue weighted by Crippen LogP contribution is 2.37. The zero-order chi connectivity index (χ0) is 25.6. The highest BCUT2D eigenvalue weighted by atomic mass is 79.9. The van der Waals surface area contributed by atoms with Crippen LogP contribution in [0, 0.1) is 21.4 Å². The number of benzene rings is 3. The highest BCUT2D eigenvalue weighted by Gasteiger charge is 2.36. The summed E-state index contributed by atoms with van der Waals surface area (Å²) in [5.41, 5.74) is -2.21. The average Bonchev–Trinajstić information content (AvgIpc) is 2.82. The number of nitro groups is 1. The monoisotopic (exact) mass is 545 g/mol. The van der Waals surface area contributed by atoms with Gasteiger partial charge in [0.1, 0.15) is 24.0 Å². The molecule has 0 bridgehead atoms. The molecule has 0 radical (unpaired) electrons. The number of rotatable bonds is 7. The second-order valence-corrected chi connectivity index (χ2v) is 7.98. The third kappa shape index (κ3) is 6.68. The molecule has 0 aliphatic carbocycles. The Morgan fingerprint density at radius 2 is 1.86 bits per heavy atom. The van der Waals surface area contributed by atoms with E-state index in [1.165, 1.54) is 6.08 Å². The van der Waals surface area contributed by atoms with Crippen LogP contribution in [0.3, 0.4) is 0 Å². The van der Waals surface area contributed by atoms with Gasteiger partial charge in [0.2, 0.25) is 0 Å². The summed E-state index contributed by atoms with van der Waals surface area (Å²) in [5, 5.41) is 22.4. The van der Waals surface area contributed by atoms with Gasteiger partial charge in [0.05, 0.1) is 16.2 Å². The van der Waals surface area contributed by atoms with Gasteiger partial charge < -0.3 is 10.1 Å². The van der Waals surface area contributed by atoms with Gasteiger partial charge >= 0.3 is 6.18 Å². The maximum absolute atomic E-state index is 13.4. The number of amides is 1. The standard InChI is InChI=1S/C24H15BrF3N3O4/c25-18-6-9-22(35-14-15-4-2-1-3-5-15)16(11-18)10-17(13-29)23(32)30-21-8-7-19(31(33)34)12-20(21)24(26,27)28/h1-12H,14H2,(H,30,32)/b17-10+. The van der Waals surface area contributed by atoms with E-state index in [9.17, 15) is 33.3 Å². The molecule has 0 heterocycles. The van der Waals surface area contributed by atoms with E-state index in [1.807, 2.05) is 35.6 Å². The lowest BCUT2D eigenvalue weighted by Gasteiger charge is -2.14. The molecule has 7 nitrogen and oxygen atoms in total. The number of nitriles is 1. The summed E-state index contributed by atoms with van der Waals surface area (Å²) in [7, 11) is 0. The number of ether oxygens (including phenoxy) is 1. The molecule has 0 fully saturated rings. The quantitative estimate of drug-likeness (QED) is 0.158. The van der Waals surface area contributed by atoms with Crippen LogP contribution < -0.4 is 10.1 Å². The summed E-state index contributed by atoms with van der Waals surface area (Å²) in [4.78, 5) is 22.5. The molecule has 3 aromatic rings. The number of halogens is 4. The summed E-state index contributed by atoms with van der Waals surface area (Å²) in [6.45, 7) is 0.204. The van der Waals surface area contributed by atoms with Crippen molar-refractivity contribution >= 4 is 39.3 Å².